The van der Waals surface area contributed by atoms with Crippen molar-refractivity contribution in [2.24, 2.45) is 22.9 Å². The zero-order chi connectivity index (χ0) is 19.0. The Morgan fingerprint density at radius 1 is 0.640 bits per heavy atom. The van der Waals surface area contributed by atoms with E-state index in [4.69, 9.17) is 22.9 Å². The summed E-state index contributed by atoms with van der Waals surface area (Å²) < 4.78 is 0. The van der Waals surface area contributed by atoms with Gasteiger partial charge in [-0.05, 0) is 45.4 Å². The summed E-state index contributed by atoms with van der Waals surface area (Å²) in [5, 5.41) is 0. The summed E-state index contributed by atoms with van der Waals surface area (Å²) in [4.78, 5) is 0. The fourth-order valence-corrected chi connectivity index (χ4v) is 2.70. The van der Waals surface area contributed by atoms with Crippen molar-refractivity contribution in [1.29, 1.82) is 0 Å². The molecule has 8 N–H and O–H groups in total. The molecule has 25 heavy (non-hydrogen) atoms. The molecule has 4 nitrogen and oxygen atoms in total. The Labute approximate surface area is 156 Å². The lowest BCUT2D eigenvalue weighted by Crippen LogP contribution is -2.75. The van der Waals surface area contributed by atoms with Gasteiger partial charge in [-0.15, -0.1) is 0 Å². The fourth-order valence-electron chi connectivity index (χ4n) is 2.70. The minimum absolute atomic E-state index is 0.706. The van der Waals surface area contributed by atoms with Crippen LogP contribution >= 0.6 is 0 Å². The second kappa shape index (κ2) is 14.5. The van der Waals surface area contributed by atoms with Crippen LogP contribution in [-0.2, 0) is 0 Å². The molecule has 1 unspecified atom stereocenters. The minimum Gasteiger partial charge on any atom is -0.322 e. The van der Waals surface area contributed by atoms with Crippen LogP contribution in [0.3, 0.4) is 0 Å². The molecule has 0 amide bonds. The molecule has 0 fully saturated rings. The Morgan fingerprint density at radius 3 is 1.64 bits per heavy atom. The number of hydrogen-bond acceptors (Lipinski definition) is 4. The molecule has 0 radical (unpaired) electrons. The summed E-state index contributed by atoms with van der Waals surface area (Å²) in [6.45, 7) is 4.08. The highest BCUT2D eigenvalue weighted by atomic mass is 15.2. The average Bonchev–Trinajstić information content (AvgIpc) is 2.53. The van der Waals surface area contributed by atoms with Crippen molar-refractivity contribution in [2.45, 2.75) is 109 Å². The first-order chi connectivity index (χ1) is 11.8. The lowest BCUT2D eigenvalue weighted by Gasteiger charge is -2.37. The molecule has 1 atom stereocenters. The van der Waals surface area contributed by atoms with Crippen molar-refractivity contribution in [1.82, 2.24) is 0 Å². The van der Waals surface area contributed by atoms with Gasteiger partial charge in [0.2, 0.25) is 0 Å². The molecular weight excluding hydrogens is 308 g/mol. The van der Waals surface area contributed by atoms with Crippen molar-refractivity contribution in [2.75, 3.05) is 0 Å². The van der Waals surface area contributed by atoms with Crippen molar-refractivity contribution < 1.29 is 0 Å². The molecule has 4 heteroatoms. The van der Waals surface area contributed by atoms with Gasteiger partial charge in [0, 0.05) is 0 Å². The molecule has 0 aliphatic rings. The summed E-state index contributed by atoms with van der Waals surface area (Å²) in [7, 11) is 0. The van der Waals surface area contributed by atoms with Gasteiger partial charge in [0.05, 0.1) is 5.54 Å². The molecule has 0 heterocycles. The average molecular weight is 353 g/mol. The maximum Gasteiger partial charge on any atom is 0.134 e. The van der Waals surface area contributed by atoms with Gasteiger partial charge >= 0.3 is 0 Å². The summed E-state index contributed by atoms with van der Waals surface area (Å²) in [5.74, 6) is -1.30. The largest absolute Gasteiger partial charge is 0.322 e. The van der Waals surface area contributed by atoms with Gasteiger partial charge in [0.1, 0.15) is 5.79 Å². The quantitative estimate of drug-likeness (QED) is 0.187. The van der Waals surface area contributed by atoms with Gasteiger partial charge in [-0.2, -0.15) is 0 Å². The molecule has 148 valence electrons. The van der Waals surface area contributed by atoms with E-state index in [2.05, 4.69) is 31.2 Å². The normalized spacial score (nSPS) is 15.3. The van der Waals surface area contributed by atoms with Gasteiger partial charge in [-0.1, -0.05) is 76.2 Å². The molecular formula is C21H44N4. The summed E-state index contributed by atoms with van der Waals surface area (Å²) in [6, 6.07) is 0. The topological polar surface area (TPSA) is 104 Å². The van der Waals surface area contributed by atoms with Crippen molar-refractivity contribution >= 4 is 0 Å². The van der Waals surface area contributed by atoms with E-state index in [9.17, 15) is 0 Å². The zero-order valence-corrected chi connectivity index (χ0v) is 16.8. The predicted molar refractivity (Wildman–Crippen MR) is 112 cm³/mol. The first kappa shape index (κ1) is 24.3. The SMILES string of the molecule is CCCCCC=CCC=CCCCCCCCCC(C)(N)C(N)(N)N. The predicted octanol–water partition coefficient (Wildman–Crippen LogP) is 4.44. The van der Waals surface area contributed by atoms with Crippen LogP contribution in [-0.4, -0.2) is 11.3 Å². The van der Waals surface area contributed by atoms with E-state index in [1.54, 1.807) is 0 Å². The number of nitrogens with two attached hydrogens (primary N) is 4. The van der Waals surface area contributed by atoms with E-state index >= 15 is 0 Å². The first-order valence-corrected chi connectivity index (χ1v) is 10.3. The first-order valence-electron chi connectivity index (χ1n) is 10.3. The van der Waals surface area contributed by atoms with Crippen LogP contribution in [0.4, 0.5) is 0 Å². The number of hydrogen-bond donors (Lipinski definition) is 4. The Bertz CT molecular complexity index is 353. The van der Waals surface area contributed by atoms with Crippen molar-refractivity contribution in [3.63, 3.8) is 0 Å². The monoisotopic (exact) mass is 352 g/mol. The minimum atomic E-state index is -1.30. The van der Waals surface area contributed by atoms with E-state index in [0.717, 1.165) is 19.3 Å². The second-order valence-corrected chi connectivity index (χ2v) is 7.68. The number of allylic oxidation sites excluding steroid dienone is 4. The highest BCUT2D eigenvalue weighted by Crippen LogP contribution is 2.17. The second-order valence-electron chi connectivity index (χ2n) is 7.68. The highest BCUT2D eigenvalue weighted by molar-refractivity contribution is 4.95. The van der Waals surface area contributed by atoms with Crippen LogP contribution in [0.25, 0.3) is 0 Å². The van der Waals surface area contributed by atoms with Crippen LogP contribution in [0.2, 0.25) is 0 Å². The Kier molecular flexibility index (Phi) is 14.1. The molecule has 0 bridgehead atoms. The summed E-state index contributed by atoms with van der Waals surface area (Å²) in [5.41, 5.74) is 22.5. The summed E-state index contributed by atoms with van der Waals surface area (Å²) in [6.07, 6.45) is 24.8. The van der Waals surface area contributed by atoms with E-state index in [0.29, 0.717) is 0 Å². The third kappa shape index (κ3) is 14.2. The third-order valence-electron chi connectivity index (χ3n) is 4.89. The molecule has 0 rings (SSSR count). The van der Waals surface area contributed by atoms with E-state index in [1.807, 2.05) is 6.92 Å². The molecule has 0 aromatic rings. The smallest absolute Gasteiger partial charge is 0.134 e. The zero-order valence-electron chi connectivity index (χ0n) is 16.8. The van der Waals surface area contributed by atoms with Crippen LogP contribution < -0.4 is 22.9 Å². The van der Waals surface area contributed by atoms with Gasteiger partial charge in [0.15, 0.2) is 0 Å². The Balaban J connectivity index is 3.40. The van der Waals surface area contributed by atoms with E-state index < -0.39 is 11.3 Å². The van der Waals surface area contributed by atoms with Crippen LogP contribution in [0.1, 0.15) is 97.3 Å². The van der Waals surface area contributed by atoms with Crippen LogP contribution in [0.15, 0.2) is 24.3 Å². The molecule has 0 aromatic carbocycles. The maximum absolute atomic E-state index is 6.07. The molecule has 0 aliphatic heterocycles. The van der Waals surface area contributed by atoms with Crippen molar-refractivity contribution in [3.05, 3.63) is 24.3 Å². The fraction of sp³-hybridized carbons (Fsp3) is 0.810. The van der Waals surface area contributed by atoms with Gasteiger partial charge in [-0.3, -0.25) is 17.2 Å². The molecule has 0 saturated heterocycles. The molecule has 0 saturated carbocycles. The Morgan fingerprint density at radius 2 is 1.12 bits per heavy atom. The van der Waals surface area contributed by atoms with Crippen LogP contribution in [0, 0.1) is 0 Å². The Hall–Kier alpha value is -0.680. The van der Waals surface area contributed by atoms with Gasteiger partial charge in [0.25, 0.3) is 0 Å². The van der Waals surface area contributed by atoms with E-state index in [-0.39, 0.29) is 0 Å². The number of rotatable bonds is 16. The van der Waals surface area contributed by atoms with Crippen LogP contribution in [0.5, 0.6) is 0 Å². The van der Waals surface area contributed by atoms with Gasteiger partial charge < -0.3 is 5.73 Å². The molecule has 0 spiro atoms. The third-order valence-corrected chi connectivity index (χ3v) is 4.89. The molecule has 0 aliphatic carbocycles. The maximum atomic E-state index is 6.07. The van der Waals surface area contributed by atoms with Crippen molar-refractivity contribution in [3.8, 4) is 0 Å². The standard InChI is InChI=1S/C21H44N4/c1-3-4-5-6-7-8-9-10-11-12-13-14-15-16-17-18-19-20(2,22)21(23,24)25/h7-8,10-11H,3-6,9,12-19,22-25H2,1-2H3. The lowest BCUT2D eigenvalue weighted by atomic mass is 9.88. The van der Waals surface area contributed by atoms with Gasteiger partial charge in [-0.25, -0.2) is 0 Å². The summed E-state index contributed by atoms with van der Waals surface area (Å²) >= 11 is 0. The highest BCUT2D eigenvalue weighted by Gasteiger charge is 2.34. The molecule has 0 aromatic heterocycles. The van der Waals surface area contributed by atoms with E-state index in [1.165, 1.54) is 64.2 Å². The lowest BCUT2D eigenvalue weighted by molar-refractivity contribution is 0.230. The number of unbranched alkanes of at least 4 members (excludes halogenated alkanes) is 9.